The Labute approximate surface area is 119 Å². The van der Waals surface area contributed by atoms with E-state index in [1.807, 2.05) is 5.38 Å². The van der Waals surface area contributed by atoms with Crippen LogP contribution >= 0.6 is 22.9 Å². The summed E-state index contributed by atoms with van der Waals surface area (Å²) in [5.74, 6) is -0.193. The molecule has 0 aliphatic rings. The molecule has 2 aromatic rings. The molecule has 0 amide bonds. The van der Waals surface area contributed by atoms with Crippen LogP contribution in [0.25, 0.3) is 0 Å². The zero-order valence-electron chi connectivity index (χ0n) is 9.97. The number of thiophene rings is 1. The molecule has 2 rings (SSSR count). The lowest BCUT2D eigenvalue weighted by atomic mass is 10.2. The summed E-state index contributed by atoms with van der Waals surface area (Å²) < 4.78 is 5.09. The molecule has 1 heterocycles. The Morgan fingerprint density at radius 1 is 1.11 bits per heavy atom. The number of hydrogen-bond acceptors (Lipinski definition) is 4. The van der Waals surface area contributed by atoms with Gasteiger partial charge in [0.1, 0.15) is 5.75 Å². The summed E-state index contributed by atoms with van der Waals surface area (Å²) in [7, 11) is 0. The molecule has 0 spiro atoms. The van der Waals surface area contributed by atoms with Crippen LogP contribution in [0.4, 0.5) is 0 Å². The fourth-order valence-corrected chi connectivity index (χ4v) is 2.35. The SMILES string of the molecule is O=C(CCC(=O)c1cccs1)Oc1ccccc1Cl. The Morgan fingerprint density at radius 2 is 1.89 bits per heavy atom. The van der Waals surface area contributed by atoms with E-state index in [2.05, 4.69) is 0 Å². The first kappa shape index (κ1) is 13.8. The van der Waals surface area contributed by atoms with Gasteiger partial charge in [-0.3, -0.25) is 9.59 Å². The third kappa shape index (κ3) is 3.91. The maximum atomic E-state index is 11.7. The van der Waals surface area contributed by atoms with Gasteiger partial charge < -0.3 is 4.74 Å². The highest BCUT2D eigenvalue weighted by molar-refractivity contribution is 7.12. The maximum Gasteiger partial charge on any atom is 0.311 e. The number of para-hydroxylation sites is 1. The molecule has 0 radical (unpaired) electrons. The van der Waals surface area contributed by atoms with E-state index in [4.69, 9.17) is 16.3 Å². The number of benzene rings is 1. The van der Waals surface area contributed by atoms with Crippen molar-refractivity contribution < 1.29 is 14.3 Å². The predicted molar refractivity (Wildman–Crippen MR) is 75.0 cm³/mol. The maximum absolute atomic E-state index is 11.7. The van der Waals surface area contributed by atoms with Crippen molar-refractivity contribution in [1.82, 2.24) is 0 Å². The Bertz CT molecular complexity index is 578. The van der Waals surface area contributed by atoms with E-state index in [0.717, 1.165) is 0 Å². The quantitative estimate of drug-likeness (QED) is 0.476. The molecule has 5 heteroatoms. The van der Waals surface area contributed by atoms with E-state index in [1.54, 1.807) is 36.4 Å². The Balaban J connectivity index is 1.86. The van der Waals surface area contributed by atoms with Crippen LogP contribution in [0.5, 0.6) is 5.75 Å². The van der Waals surface area contributed by atoms with Gasteiger partial charge in [-0.1, -0.05) is 29.8 Å². The third-order valence-corrected chi connectivity index (χ3v) is 3.64. The van der Waals surface area contributed by atoms with Crippen LogP contribution < -0.4 is 4.74 Å². The van der Waals surface area contributed by atoms with Gasteiger partial charge in [-0.25, -0.2) is 0 Å². The van der Waals surface area contributed by atoms with Crippen molar-refractivity contribution >= 4 is 34.7 Å². The fourth-order valence-electron chi connectivity index (χ4n) is 1.48. The van der Waals surface area contributed by atoms with Gasteiger partial charge in [0.05, 0.1) is 16.3 Å². The van der Waals surface area contributed by atoms with Gasteiger partial charge >= 0.3 is 5.97 Å². The highest BCUT2D eigenvalue weighted by Crippen LogP contribution is 2.23. The van der Waals surface area contributed by atoms with Gasteiger partial charge in [-0.15, -0.1) is 11.3 Å². The van der Waals surface area contributed by atoms with Crippen molar-refractivity contribution in [2.75, 3.05) is 0 Å². The number of carbonyl (C=O) groups is 2. The average Bonchev–Trinajstić information content (AvgIpc) is 2.93. The number of halogens is 1. The Hall–Kier alpha value is -1.65. The van der Waals surface area contributed by atoms with Crippen LogP contribution in [-0.4, -0.2) is 11.8 Å². The van der Waals surface area contributed by atoms with Gasteiger partial charge in [0.2, 0.25) is 0 Å². The average molecular weight is 295 g/mol. The largest absolute Gasteiger partial charge is 0.425 e. The van der Waals surface area contributed by atoms with Crippen molar-refractivity contribution in [2.24, 2.45) is 0 Å². The molecule has 0 atom stereocenters. The first-order chi connectivity index (χ1) is 9.16. The molecule has 19 heavy (non-hydrogen) atoms. The summed E-state index contributed by atoms with van der Waals surface area (Å²) in [6, 6.07) is 10.3. The van der Waals surface area contributed by atoms with Crippen molar-refractivity contribution in [3.05, 3.63) is 51.7 Å². The molecule has 0 saturated heterocycles. The summed E-state index contributed by atoms with van der Waals surface area (Å²) in [6.45, 7) is 0. The molecule has 0 N–H and O–H groups in total. The minimum absolute atomic E-state index is 0.0436. The number of esters is 1. The standard InChI is InChI=1S/C14H11ClO3S/c15-10-4-1-2-5-12(10)18-14(17)8-7-11(16)13-6-3-9-19-13/h1-6,9H,7-8H2. The minimum atomic E-state index is -0.460. The normalized spacial score (nSPS) is 10.2. The minimum Gasteiger partial charge on any atom is -0.425 e. The van der Waals surface area contributed by atoms with E-state index >= 15 is 0 Å². The molecule has 3 nitrogen and oxygen atoms in total. The van der Waals surface area contributed by atoms with E-state index in [0.29, 0.717) is 15.6 Å². The number of carbonyl (C=O) groups excluding carboxylic acids is 2. The Kier molecular flexibility index (Phi) is 4.71. The molecule has 0 bridgehead atoms. The summed E-state index contributed by atoms with van der Waals surface area (Å²) in [5, 5.41) is 2.20. The van der Waals surface area contributed by atoms with Crippen molar-refractivity contribution in [3.63, 3.8) is 0 Å². The summed E-state index contributed by atoms with van der Waals surface area (Å²) in [4.78, 5) is 24.0. The van der Waals surface area contributed by atoms with Gasteiger partial charge in [0.25, 0.3) is 0 Å². The van der Waals surface area contributed by atoms with Crippen molar-refractivity contribution in [3.8, 4) is 5.75 Å². The molecule has 0 saturated carbocycles. The topological polar surface area (TPSA) is 43.4 Å². The lowest BCUT2D eigenvalue weighted by Gasteiger charge is -2.05. The monoisotopic (exact) mass is 294 g/mol. The predicted octanol–water partition coefficient (Wildman–Crippen LogP) is 3.97. The number of ketones is 1. The molecular formula is C14H11ClO3S. The molecule has 1 aromatic heterocycles. The highest BCUT2D eigenvalue weighted by Gasteiger charge is 2.12. The van der Waals surface area contributed by atoms with Crippen LogP contribution in [0.3, 0.4) is 0 Å². The van der Waals surface area contributed by atoms with Crippen LogP contribution in [-0.2, 0) is 4.79 Å². The zero-order chi connectivity index (χ0) is 13.7. The fraction of sp³-hybridized carbons (Fsp3) is 0.143. The van der Waals surface area contributed by atoms with Gasteiger partial charge in [-0.2, -0.15) is 0 Å². The Morgan fingerprint density at radius 3 is 2.58 bits per heavy atom. The number of ether oxygens (including phenoxy) is 1. The van der Waals surface area contributed by atoms with Crippen LogP contribution in [0.1, 0.15) is 22.5 Å². The molecule has 0 fully saturated rings. The second-order valence-corrected chi connectivity index (χ2v) is 5.16. The van der Waals surface area contributed by atoms with Crippen molar-refractivity contribution in [1.29, 1.82) is 0 Å². The van der Waals surface area contributed by atoms with E-state index < -0.39 is 5.97 Å². The van der Waals surface area contributed by atoms with E-state index in [9.17, 15) is 9.59 Å². The highest BCUT2D eigenvalue weighted by atomic mass is 35.5. The van der Waals surface area contributed by atoms with Crippen LogP contribution in [0.2, 0.25) is 5.02 Å². The third-order valence-electron chi connectivity index (χ3n) is 2.41. The molecular weight excluding hydrogens is 284 g/mol. The second-order valence-electron chi connectivity index (χ2n) is 3.80. The first-order valence-electron chi connectivity index (χ1n) is 5.69. The lowest BCUT2D eigenvalue weighted by molar-refractivity contribution is -0.134. The van der Waals surface area contributed by atoms with E-state index in [1.165, 1.54) is 11.3 Å². The molecule has 1 aromatic carbocycles. The number of Topliss-reactive ketones (excluding diaryl/α,β-unsaturated/α-hetero) is 1. The van der Waals surface area contributed by atoms with E-state index in [-0.39, 0.29) is 18.6 Å². The van der Waals surface area contributed by atoms with Gasteiger partial charge in [0.15, 0.2) is 5.78 Å². The molecule has 98 valence electrons. The van der Waals surface area contributed by atoms with Gasteiger partial charge in [-0.05, 0) is 23.6 Å². The summed E-state index contributed by atoms with van der Waals surface area (Å²) in [5.41, 5.74) is 0. The molecule has 0 aliphatic carbocycles. The second kappa shape index (κ2) is 6.50. The lowest BCUT2D eigenvalue weighted by Crippen LogP contribution is -2.10. The summed E-state index contributed by atoms with van der Waals surface area (Å²) >= 11 is 7.24. The number of rotatable bonds is 5. The summed E-state index contributed by atoms with van der Waals surface area (Å²) in [6.07, 6.45) is 0.186. The number of hydrogen-bond donors (Lipinski definition) is 0. The van der Waals surface area contributed by atoms with Crippen molar-refractivity contribution in [2.45, 2.75) is 12.8 Å². The van der Waals surface area contributed by atoms with Gasteiger partial charge in [0, 0.05) is 6.42 Å². The smallest absolute Gasteiger partial charge is 0.311 e. The van der Waals surface area contributed by atoms with Crippen LogP contribution in [0, 0.1) is 0 Å². The zero-order valence-corrected chi connectivity index (χ0v) is 11.5. The molecule has 0 unspecified atom stereocenters. The van der Waals surface area contributed by atoms with Crippen LogP contribution in [0.15, 0.2) is 41.8 Å². The molecule has 0 aliphatic heterocycles. The first-order valence-corrected chi connectivity index (χ1v) is 6.94.